The van der Waals surface area contributed by atoms with Crippen molar-refractivity contribution in [3.8, 4) is 28.3 Å². The van der Waals surface area contributed by atoms with E-state index in [-0.39, 0.29) is 0 Å². The van der Waals surface area contributed by atoms with Gasteiger partial charge in [-0.2, -0.15) is 5.26 Å². The molecule has 0 N–H and O–H groups in total. The minimum absolute atomic E-state index is 0.661. The Hall–Kier alpha value is -6.11. The summed E-state index contributed by atoms with van der Waals surface area (Å²) in [7, 11) is 2.04. The van der Waals surface area contributed by atoms with E-state index < -0.39 is 0 Å². The Labute approximate surface area is 264 Å². The number of nitrogens with zero attached hydrogens (tertiary/aromatic N) is 3. The van der Waals surface area contributed by atoms with Gasteiger partial charge in [0, 0.05) is 35.5 Å². The van der Waals surface area contributed by atoms with E-state index in [2.05, 4.69) is 155 Å². The van der Waals surface area contributed by atoms with E-state index in [0.717, 1.165) is 39.6 Å². The molecule has 45 heavy (non-hydrogen) atoms. The van der Waals surface area contributed by atoms with Gasteiger partial charge in [-0.25, -0.2) is 0 Å². The van der Waals surface area contributed by atoms with Crippen LogP contribution in [0.25, 0.3) is 33.0 Å². The molecule has 0 aliphatic carbocycles. The fraction of sp³-hybridized carbons (Fsp3) is 0.0238. The topological polar surface area (TPSA) is 30.3 Å². The van der Waals surface area contributed by atoms with E-state index in [9.17, 15) is 0 Å². The monoisotopic (exact) mass is 577 g/mol. The van der Waals surface area contributed by atoms with Crippen LogP contribution in [-0.4, -0.2) is 7.05 Å². The van der Waals surface area contributed by atoms with Crippen molar-refractivity contribution >= 4 is 39.2 Å². The molecule has 0 fully saturated rings. The maximum absolute atomic E-state index is 9.11. The molecule has 0 atom stereocenters. The second-order valence-corrected chi connectivity index (χ2v) is 11.1. The van der Waals surface area contributed by atoms with Crippen LogP contribution >= 0.6 is 0 Å². The molecule has 0 spiro atoms. The fourth-order valence-corrected chi connectivity index (χ4v) is 5.79. The lowest BCUT2D eigenvalue weighted by Gasteiger charge is -2.26. The van der Waals surface area contributed by atoms with Gasteiger partial charge < -0.3 is 9.80 Å². The zero-order valence-corrected chi connectivity index (χ0v) is 25.0. The summed E-state index contributed by atoms with van der Waals surface area (Å²) in [6.07, 6.45) is 0. The summed E-state index contributed by atoms with van der Waals surface area (Å²) in [6.45, 7) is 0. The minimum Gasteiger partial charge on any atom is -0.345 e. The van der Waals surface area contributed by atoms with Crippen LogP contribution in [0, 0.1) is 11.3 Å². The van der Waals surface area contributed by atoms with E-state index >= 15 is 0 Å². The molecular formula is C42H31N3. The Morgan fingerprint density at radius 3 is 1.36 bits per heavy atom. The first-order valence-electron chi connectivity index (χ1n) is 15.1. The van der Waals surface area contributed by atoms with Crippen LogP contribution in [0.2, 0.25) is 0 Å². The van der Waals surface area contributed by atoms with Crippen LogP contribution in [0.1, 0.15) is 5.56 Å². The highest BCUT2D eigenvalue weighted by atomic mass is 15.1. The van der Waals surface area contributed by atoms with Crippen LogP contribution in [0.5, 0.6) is 0 Å². The Morgan fingerprint density at radius 2 is 0.822 bits per heavy atom. The normalized spacial score (nSPS) is 10.8. The third kappa shape index (κ3) is 5.78. The summed E-state index contributed by atoms with van der Waals surface area (Å²) in [4.78, 5) is 4.44. The molecular weight excluding hydrogens is 546 g/mol. The highest BCUT2D eigenvalue weighted by molar-refractivity contribution is 5.89. The molecule has 7 rings (SSSR count). The highest BCUT2D eigenvalue weighted by Gasteiger charge is 2.14. The van der Waals surface area contributed by atoms with Crippen LogP contribution in [0.4, 0.5) is 28.4 Å². The zero-order chi connectivity index (χ0) is 30.6. The summed E-state index contributed by atoms with van der Waals surface area (Å²) in [5.74, 6) is 0. The highest BCUT2D eigenvalue weighted by Crippen LogP contribution is 2.38. The van der Waals surface area contributed by atoms with Crippen molar-refractivity contribution < 1.29 is 0 Å². The standard InChI is InChI=1S/C42H31N3/c1-44(38-20-11-31(30-43)12-21-38)39-22-13-35(14-23-39)36-17-26-41(27-18-36)45(42-28-19-33-9-5-6-10-37(33)29-42)40-24-15-34(16-25-40)32-7-3-2-4-8-32/h2-29H,1H3. The Morgan fingerprint density at radius 1 is 0.400 bits per heavy atom. The maximum atomic E-state index is 9.11. The molecule has 3 nitrogen and oxygen atoms in total. The molecule has 3 heteroatoms. The quantitative estimate of drug-likeness (QED) is 0.189. The number of hydrogen-bond acceptors (Lipinski definition) is 3. The van der Waals surface area contributed by atoms with Crippen molar-refractivity contribution in [1.29, 1.82) is 5.26 Å². The van der Waals surface area contributed by atoms with Crippen molar-refractivity contribution in [1.82, 2.24) is 0 Å². The van der Waals surface area contributed by atoms with Crippen molar-refractivity contribution in [2.45, 2.75) is 0 Å². The van der Waals surface area contributed by atoms with E-state index in [0.29, 0.717) is 5.56 Å². The first kappa shape index (κ1) is 27.7. The lowest BCUT2D eigenvalue weighted by atomic mass is 10.0. The number of fused-ring (bicyclic) bond motifs is 1. The largest absolute Gasteiger partial charge is 0.345 e. The molecule has 0 heterocycles. The number of hydrogen-bond donors (Lipinski definition) is 0. The molecule has 0 aliphatic heterocycles. The van der Waals surface area contributed by atoms with Gasteiger partial charge in [0.15, 0.2) is 0 Å². The first-order valence-corrected chi connectivity index (χ1v) is 15.1. The summed E-state index contributed by atoms with van der Waals surface area (Å²) in [6, 6.07) is 61.7. The Bertz CT molecular complexity index is 2090. The average Bonchev–Trinajstić information content (AvgIpc) is 3.12. The number of benzene rings is 7. The third-order valence-electron chi connectivity index (χ3n) is 8.32. The molecule has 0 radical (unpaired) electrons. The van der Waals surface area contributed by atoms with Gasteiger partial charge in [-0.05, 0) is 106 Å². The predicted molar refractivity (Wildman–Crippen MR) is 189 cm³/mol. The van der Waals surface area contributed by atoms with Gasteiger partial charge >= 0.3 is 0 Å². The maximum Gasteiger partial charge on any atom is 0.0991 e. The SMILES string of the molecule is CN(c1ccc(C#N)cc1)c1ccc(-c2ccc(N(c3ccc(-c4ccccc4)cc3)c3ccc4ccccc4c3)cc2)cc1. The summed E-state index contributed by atoms with van der Waals surface area (Å²) in [5, 5.41) is 11.5. The molecule has 7 aromatic rings. The lowest BCUT2D eigenvalue weighted by Crippen LogP contribution is -2.10. The summed E-state index contributed by atoms with van der Waals surface area (Å²) < 4.78 is 0. The van der Waals surface area contributed by atoms with Gasteiger partial charge in [0.2, 0.25) is 0 Å². The number of rotatable bonds is 7. The van der Waals surface area contributed by atoms with E-state index in [4.69, 9.17) is 5.26 Å². The van der Waals surface area contributed by atoms with Gasteiger partial charge in [0.05, 0.1) is 11.6 Å². The van der Waals surface area contributed by atoms with E-state index in [1.165, 1.54) is 21.9 Å². The summed E-state index contributed by atoms with van der Waals surface area (Å²) in [5.41, 5.74) is 10.8. The van der Waals surface area contributed by atoms with Crippen molar-refractivity contribution in [3.63, 3.8) is 0 Å². The molecule has 0 amide bonds. The molecule has 0 aromatic heterocycles. The van der Waals surface area contributed by atoms with Crippen molar-refractivity contribution in [3.05, 3.63) is 175 Å². The van der Waals surface area contributed by atoms with Gasteiger partial charge in [0.25, 0.3) is 0 Å². The van der Waals surface area contributed by atoms with Gasteiger partial charge in [-0.1, -0.05) is 97.1 Å². The number of nitriles is 1. The second kappa shape index (κ2) is 12.2. The van der Waals surface area contributed by atoms with Gasteiger partial charge in [-0.15, -0.1) is 0 Å². The molecule has 0 bridgehead atoms. The van der Waals surface area contributed by atoms with Crippen molar-refractivity contribution in [2.75, 3.05) is 16.8 Å². The smallest absolute Gasteiger partial charge is 0.0991 e. The van der Waals surface area contributed by atoms with E-state index in [1.807, 2.05) is 37.4 Å². The Kier molecular flexibility index (Phi) is 7.54. The number of anilines is 5. The lowest BCUT2D eigenvalue weighted by molar-refractivity contribution is 1.21. The molecule has 0 aliphatic rings. The predicted octanol–water partition coefficient (Wildman–Crippen LogP) is 11.3. The second-order valence-electron chi connectivity index (χ2n) is 11.1. The minimum atomic E-state index is 0.661. The first-order chi connectivity index (χ1) is 22.2. The van der Waals surface area contributed by atoms with Crippen LogP contribution in [0.15, 0.2) is 170 Å². The fourth-order valence-electron chi connectivity index (χ4n) is 5.79. The van der Waals surface area contributed by atoms with Crippen molar-refractivity contribution in [2.24, 2.45) is 0 Å². The zero-order valence-electron chi connectivity index (χ0n) is 25.0. The van der Waals surface area contributed by atoms with Crippen LogP contribution in [-0.2, 0) is 0 Å². The van der Waals surface area contributed by atoms with Gasteiger partial charge in [-0.3, -0.25) is 0 Å². The van der Waals surface area contributed by atoms with Crippen LogP contribution < -0.4 is 9.80 Å². The molecule has 7 aromatic carbocycles. The molecule has 214 valence electrons. The van der Waals surface area contributed by atoms with Crippen LogP contribution in [0.3, 0.4) is 0 Å². The molecule has 0 unspecified atom stereocenters. The Balaban J connectivity index is 1.19. The third-order valence-corrected chi connectivity index (χ3v) is 8.32. The average molecular weight is 578 g/mol. The molecule has 0 saturated heterocycles. The van der Waals surface area contributed by atoms with E-state index in [1.54, 1.807) is 0 Å². The summed E-state index contributed by atoms with van der Waals surface area (Å²) >= 11 is 0. The van der Waals surface area contributed by atoms with Gasteiger partial charge in [0.1, 0.15) is 0 Å². The molecule has 0 saturated carbocycles.